The van der Waals surface area contributed by atoms with Crippen molar-refractivity contribution >= 4 is 56.4 Å². The summed E-state index contributed by atoms with van der Waals surface area (Å²) < 4.78 is 32.9. The second-order valence-corrected chi connectivity index (χ2v) is 10.3. The molecule has 0 radical (unpaired) electrons. The van der Waals surface area contributed by atoms with Crippen LogP contribution in [-0.2, 0) is 22.9 Å². The summed E-state index contributed by atoms with van der Waals surface area (Å²) in [6.45, 7) is 3.36. The monoisotopic (exact) mass is 570 g/mol. The van der Waals surface area contributed by atoms with Crippen molar-refractivity contribution in [2.75, 3.05) is 10.6 Å². The number of aromatic nitrogens is 4. The molecule has 0 aliphatic rings. The van der Waals surface area contributed by atoms with E-state index in [9.17, 15) is 22.9 Å². The summed E-state index contributed by atoms with van der Waals surface area (Å²) in [6, 6.07) is 14.3. The van der Waals surface area contributed by atoms with E-state index in [4.69, 9.17) is 11.6 Å². The molecule has 13 nitrogen and oxygen atoms in total. The Bertz CT molecular complexity index is 1760. The molecule has 0 saturated carbocycles. The molecule has 4 aromatic rings. The minimum Gasteiger partial charge on any atom is -0.494 e. The molecule has 0 unspecified atom stereocenters. The third-order valence-corrected chi connectivity index (χ3v) is 6.30. The van der Waals surface area contributed by atoms with Crippen LogP contribution in [0, 0.1) is 13.8 Å². The molecule has 0 amide bonds. The van der Waals surface area contributed by atoms with Crippen LogP contribution in [0.25, 0.3) is 0 Å². The second kappa shape index (κ2) is 11.1. The van der Waals surface area contributed by atoms with Gasteiger partial charge in [0, 0.05) is 24.0 Å². The lowest BCUT2D eigenvalue weighted by molar-refractivity contribution is 0.415. The van der Waals surface area contributed by atoms with E-state index < -0.39 is 27.3 Å². The van der Waals surface area contributed by atoms with Gasteiger partial charge in [-0.3, -0.25) is 13.9 Å². The van der Waals surface area contributed by atoms with Crippen molar-refractivity contribution in [3.05, 3.63) is 80.9 Å². The first-order valence-electron chi connectivity index (χ1n) is 11.3. The van der Waals surface area contributed by atoms with Crippen molar-refractivity contribution in [1.29, 1.82) is 0 Å². The maximum absolute atomic E-state index is 12.7. The number of halogens is 1. The number of aryl methyl sites for hydroxylation is 1. The molecule has 2 aromatic carbocycles. The first-order chi connectivity index (χ1) is 18.4. The van der Waals surface area contributed by atoms with Crippen molar-refractivity contribution in [1.82, 2.24) is 19.5 Å². The van der Waals surface area contributed by atoms with Gasteiger partial charge in [0.1, 0.15) is 5.75 Å². The Balaban J connectivity index is 1.60. The van der Waals surface area contributed by atoms with Gasteiger partial charge in [-0.1, -0.05) is 18.2 Å². The Morgan fingerprint density at radius 2 is 1.59 bits per heavy atom. The molecule has 2 aromatic heterocycles. The standard InChI is InChI=1S/C24H23ClN8O5S/c1-13-6-4-7-15(10-13)26-23-28-22(25)29-24(30-23)27-16-8-5-9-17(11-16)31-32-19-14(2)18(12-39(36,37)38)20(34)33(3)21(19)35/h4-11,34H,12H2,1-3H3,(H,36,37,38)(H2,26,27,28,29,30). The molecular weight excluding hydrogens is 548 g/mol. The van der Waals surface area contributed by atoms with E-state index in [0.29, 0.717) is 11.4 Å². The number of aromatic hydroxyl groups is 1. The lowest BCUT2D eigenvalue weighted by atomic mass is 10.1. The zero-order valence-electron chi connectivity index (χ0n) is 20.9. The highest BCUT2D eigenvalue weighted by molar-refractivity contribution is 7.85. The Morgan fingerprint density at radius 3 is 2.21 bits per heavy atom. The molecule has 0 spiro atoms. The number of nitrogens with one attached hydrogen (secondary N) is 2. The van der Waals surface area contributed by atoms with Crippen LogP contribution in [0.2, 0.25) is 5.28 Å². The molecule has 0 saturated heterocycles. The minimum absolute atomic E-state index is 0.0298. The normalized spacial score (nSPS) is 11.6. The van der Waals surface area contributed by atoms with E-state index in [1.165, 1.54) is 14.0 Å². The molecule has 15 heteroatoms. The van der Waals surface area contributed by atoms with Crippen LogP contribution in [0.4, 0.5) is 34.6 Å². The molecule has 0 bridgehead atoms. The smallest absolute Gasteiger partial charge is 0.281 e. The van der Waals surface area contributed by atoms with Crippen LogP contribution in [0.1, 0.15) is 16.7 Å². The second-order valence-electron chi connectivity index (χ2n) is 8.49. The predicted octanol–water partition coefficient (Wildman–Crippen LogP) is 4.84. The van der Waals surface area contributed by atoms with Crippen molar-refractivity contribution in [2.24, 2.45) is 17.3 Å². The quantitative estimate of drug-likeness (QED) is 0.169. The summed E-state index contributed by atoms with van der Waals surface area (Å²) in [7, 11) is -3.24. The van der Waals surface area contributed by atoms with Gasteiger partial charge in [-0.2, -0.15) is 28.5 Å². The number of rotatable bonds is 8. The van der Waals surface area contributed by atoms with Crippen LogP contribution in [0.15, 0.2) is 63.6 Å². The van der Waals surface area contributed by atoms with Gasteiger partial charge in [0.05, 0.1) is 5.69 Å². The van der Waals surface area contributed by atoms with Gasteiger partial charge in [0.2, 0.25) is 17.2 Å². The average molecular weight is 571 g/mol. The molecule has 2 heterocycles. The Hall–Kier alpha value is -4.40. The Labute approximate surface area is 228 Å². The van der Waals surface area contributed by atoms with E-state index >= 15 is 0 Å². The maximum Gasteiger partial charge on any atom is 0.281 e. The minimum atomic E-state index is -4.48. The first kappa shape index (κ1) is 27.6. The molecule has 0 atom stereocenters. The fourth-order valence-electron chi connectivity index (χ4n) is 3.60. The van der Waals surface area contributed by atoms with Gasteiger partial charge in [-0.05, 0) is 66.9 Å². The number of hydrogen-bond acceptors (Lipinski definition) is 11. The summed E-state index contributed by atoms with van der Waals surface area (Å²) >= 11 is 6.09. The van der Waals surface area contributed by atoms with Crippen LogP contribution >= 0.6 is 11.6 Å². The summed E-state index contributed by atoms with van der Waals surface area (Å²) in [5, 5.41) is 24.4. The fourth-order valence-corrected chi connectivity index (χ4v) is 4.47. The Kier molecular flexibility index (Phi) is 7.90. The van der Waals surface area contributed by atoms with Crippen LogP contribution < -0.4 is 16.2 Å². The third kappa shape index (κ3) is 6.93. The summed E-state index contributed by atoms with van der Waals surface area (Å²) in [5.74, 6) is -1.08. The first-order valence-corrected chi connectivity index (χ1v) is 13.3. The molecule has 0 aliphatic heterocycles. The van der Waals surface area contributed by atoms with Crippen molar-refractivity contribution in [3.63, 3.8) is 0 Å². The highest BCUT2D eigenvalue weighted by atomic mass is 35.5. The molecule has 4 rings (SSSR count). The lowest BCUT2D eigenvalue weighted by Crippen LogP contribution is -2.20. The Morgan fingerprint density at radius 1 is 0.974 bits per heavy atom. The van der Waals surface area contributed by atoms with E-state index in [0.717, 1.165) is 15.8 Å². The molecule has 202 valence electrons. The molecule has 39 heavy (non-hydrogen) atoms. The highest BCUT2D eigenvalue weighted by Crippen LogP contribution is 2.29. The zero-order chi connectivity index (χ0) is 28.3. The third-order valence-electron chi connectivity index (χ3n) is 5.48. The van der Waals surface area contributed by atoms with Gasteiger partial charge >= 0.3 is 0 Å². The topological polar surface area (TPSA) is 184 Å². The van der Waals surface area contributed by atoms with Gasteiger partial charge in [-0.15, -0.1) is 5.11 Å². The summed E-state index contributed by atoms with van der Waals surface area (Å²) in [6.07, 6.45) is 0. The number of hydrogen-bond donors (Lipinski definition) is 4. The number of pyridine rings is 1. The summed E-state index contributed by atoms with van der Waals surface area (Å²) in [5.41, 5.74) is 1.71. The summed E-state index contributed by atoms with van der Waals surface area (Å²) in [4.78, 5) is 25.2. The van der Waals surface area contributed by atoms with Crippen molar-refractivity contribution < 1.29 is 18.1 Å². The van der Waals surface area contributed by atoms with Crippen molar-refractivity contribution in [2.45, 2.75) is 19.6 Å². The number of anilines is 4. The predicted molar refractivity (Wildman–Crippen MR) is 147 cm³/mol. The number of azo groups is 1. The van der Waals surface area contributed by atoms with Gasteiger partial charge in [0.25, 0.3) is 15.7 Å². The largest absolute Gasteiger partial charge is 0.494 e. The molecule has 0 fully saturated rings. The van der Waals surface area contributed by atoms with Gasteiger partial charge in [0.15, 0.2) is 11.6 Å². The van der Waals surface area contributed by atoms with Gasteiger partial charge in [-0.25, -0.2) is 0 Å². The van der Waals surface area contributed by atoms with E-state index in [2.05, 4.69) is 35.8 Å². The average Bonchev–Trinajstić information content (AvgIpc) is 2.85. The maximum atomic E-state index is 12.7. The van der Waals surface area contributed by atoms with E-state index in [-0.39, 0.29) is 34.0 Å². The zero-order valence-corrected chi connectivity index (χ0v) is 22.5. The lowest BCUT2D eigenvalue weighted by Gasteiger charge is -2.12. The molecule has 4 N–H and O–H groups in total. The fraction of sp³-hybridized carbons (Fsp3) is 0.167. The number of benzene rings is 2. The van der Waals surface area contributed by atoms with Crippen LogP contribution in [-0.4, -0.2) is 37.6 Å². The SMILES string of the molecule is Cc1cccc(Nc2nc(Cl)nc(Nc3cccc(N=Nc4c(C)c(CS(=O)(=O)O)c(O)n(C)c4=O)c3)n2)c1. The van der Waals surface area contributed by atoms with Crippen LogP contribution in [0.5, 0.6) is 5.88 Å². The molecule has 0 aliphatic carbocycles. The van der Waals surface area contributed by atoms with Crippen LogP contribution in [0.3, 0.4) is 0 Å². The van der Waals surface area contributed by atoms with E-state index in [1.807, 2.05) is 31.2 Å². The number of nitrogens with zero attached hydrogens (tertiary/aromatic N) is 6. The molecular formula is C24H23ClN8O5S. The van der Waals surface area contributed by atoms with Crippen molar-refractivity contribution in [3.8, 4) is 5.88 Å². The van der Waals surface area contributed by atoms with E-state index in [1.54, 1.807) is 24.3 Å². The van der Waals surface area contributed by atoms with Gasteiger partial charge < -0.3 is 15.7 Å². The highest BCUT2D eigenvalue weighted by Gasteiger charge is 2.21.